The van der Waals surface area contributed by atoms with Crippen molar-refractivity contribution in [2.24, 2.45) is 5.10 Å². The first-order valence-corrected chi connectivity index (χ1v) is 9.11. The molecule has 2 rings (SSSR count). The molecule has 1 aromatic carbocycles. The number of thioether (sulfide) groups is 2. The number of aryl methyl sites for hydroxylation is 1. The second kappa shape index (κ2) is 7.00. The summed E-state index contributed by atoms with van der Waals surface area (Å²) in [5.74, 6) is 2.21. The molecular formula is C14H17BrN2OS2. The van der Waals surface area contributed by atoms with Gasteiger partial charge in [0, 0.05) is 16.0 Å². The van der Waals surface area contributed by atoms with Crippen molar-refractivity contribution in [3.63, 3.8) is 0 Å². The molecule has 0 radical (unpaired) electrons. The zero-order valence-electron chi connectivity index (χ0n) is 11.5. The summed E-state index contributed by atoms with van der Waals surface area (Å²) in [6.07, 6.45) is 2.16. The Morgan fingerprint density at radius 3 is 2.85 bits per heavy atom. The molecule has 0 bridgehead atoms. The number of nitrogens with zero attached hydrogens (tertiary/aromatic N) is 1. The minimum absolute atomic E-state index is 0.00644. The summed E-state index contributed by atoms with van der Waals surface area (Å²) in [7, 11) is 0. The van der Waals surface area contributed by atoms with Crippen LogP contribution in [0.4, 0.5) is 0 Å². The Hall–Kier alpha value is -0.460. The number of carbonyl (C=O) groups excluding carboxylic acids is 1. The molecule has 6 heteroatoms. The van der Waals surface area contributed by atoms with E-state index in [1.165, 1.54) is 5.56 Å². The van der Waals surface area contributed by atoms with Crippen LogP contribution in [0.25, 0.3) is 0 Å². The third-order valence-corrected chi connectivity index (χ3v) is 7.12. The molecule has 0 aromatic heterocycles. The van der Waals surface area contributed by atoms with E-state index < -0.39 is 0 Å². The van der Waals surface area contributed by atoms with Crippen molar-refractivity contribution in [3.05, 3.63) is 33.8 Å². The van der Waals surface area contributed by atoms with E-state index in [1.807, 2.05) is 48.6 Å². The molecule has 1 N–H and O–H groups in total. The summed E-state index contributed by atoms with van der Waals surface area (Å²) in [5.41, 5.74) is 4.74. The van der Waals surface area contributed by atoms with Crippen molar-refractivity contribution in [1.82, 2.24) is 5.43 Å². The molecule has 0 aliphatic carbocycles. The second-order valence-electron chi connectivity index (χ2n) is 4.81. The maximum atomic E-state index is 11.9. The largest absolute Gasteiger partial charge is 0.273 e. The lowest BCUT2D eigenvalue weighted by Gasteiger charge is -2.19. The number of carbonyl (C=O) groups is 1. The van der Waals surface area contributed by atoms with E-state index in [2.05, 4.69) is 33.4 Å². The van der Waals surface area contributed by atoms with E-state index in [-0.39, 0.29) is 9.99 Å². The van der Waals surface area contributed by atoms with E-state index in [9.17, 15) is 4.79 Å². The minimum Gasteiger partial charge on any atom is -0.273 e. The molecule has 1 aliphatic rings. The Kier molecular flexibility index (Phi) is 5.57. The minimum atomic E-state index is -0.0307. The van der Waals surface area contributed by atoms with Gasteiger partial charge < -0.3 is 0 Å². The standard InChI is InChI=1S/C14H17BrN2OS2/c1-10-3-4-11(7-12(10)15)9-16-17-13(18)8-14(2)19-5-6-20-14/h3-4,7,9H,5-6,8H2,1-2H3,(H,17,18)/b16-9-. The molecule has 1 aliphatic heterocycles. The molecular weight excluding hydrogens is 356 g/mol. The molecule has 0 spiro atoms. The van der Waals surface area contributed by atoms with Crippen molar-refractivity contribution in [1.29, 1.82) is 0 Å². The lowest BCUT2D eigenvalue weighted by Crippen LogP contribution is -2.26. The van der Waals surface area contributed by atoms with E-state index >= 15 is 0 Å². The van der Waals surface area contributed by atoms with Crippen LogP contribution in [-0.2, 0) is 4.79 Å². The third kappa shape index (κ3) is 4.53. The Balaban J connectivity index is 1.86. The van der Waals surface area contributed by atoms with Crippen LogP contribution in [-0.4, -0.2) is 27.7 Å². The van der Waals surface area contributed by atoms with Crippen molar-refractivity contribution >= 4 is 51.6 Å². The first-order chi connectivity index (χ1) is 9.48. The van der Waals surface area contributed by atoms with E-state index in [1.54, 1.807) is 6.21 Å². The van der Waals surface area contributed by atoms with Crippen molar-refractivity contribution in [2.75, 3.05) is 11.5 Å². The first-order valence-electron chi connectivity index (χ1n) is 6.34. The molecule has 1 saturated heterocycles. The summed E-state index contributed by atoms with van der Waals surface area (Å²) in [5, 5.41) is 4.02. The molecule has 0 unspecified atom stereocenters. The lowest BCUT2D eigenvalue weighted by atomic mass is 10.2. The third-order valence-electron chi connectivity index (χ3n) is 2.98. The highest BCUT2D eigenvalue weighted by molar-refractivity contribution is 9.10. The molecule has 1 fully saturated rings. The van der Waals surface area contributed by atoms with E-state index in [0.29, 0.717) is 6.42 Å². The van der Waals surface area contributed by atoms with E-state index in [0.717, 1.165) is 21.5 Å². The van der Waals surface area contributed by atoms with Gasteiger partial charge in [0.15, 0.2) is 0 Å². The highest BCUT2D eigenvalue weighted by Gasteiger charge is 2.32. The van der Waals surface area contributed by atoms with Gasteiger partial charge in [-0.1, -0.05) is 28.1 Å². The highest BCUT2D eigenvalue weighted by Crippen LogP contribution is 2.45. The van der Waals surface area contributed by atoms with Crippen molar-refractivity contribution in [3.8, 4) is 0 Å². The number of hydrogen-bond donors (Lipinski definition) is 1. The summed E-state index contributed by atoms with van der Waals surface area (Å²) < 4.78 is 1.05. The summed E-state index contributed by atoms with van der Waals surface area (Å²) >= 11 is 7.18. The fraction of sp³-hybridized carbons (Fsp3) is 0.429. The summed E-state index contributed by atoms with van der Waals surface area (Å²) in [4.78, 5) is 11.9. The quantitative estimate of drug-likeness (QED) is 0.645. The Bertz CT molecular complexity index is 528. The predicted octanol–water partition coefficient (Wildman–Crippen LogP) is 3.79. The molecule has 3 nitrogen and oxygen atoms in total. The van der Waals surface area contributed by atoms with Crippen molar-refractivity contribution in [2.45, 2.75) is 24.3 Å². The second-order valence-corrected chi connectivity index (χ2v) is 9.12. The Morgan fingerprint density at radius 1 is 1.50 bits per heavy atom. The smallest absolute Gasteiger partial charge is 0.242 e. The average Bonchev–Trinajstić information content (AvgIpc) is 2.80. The number of hydrogen-bond acceptors (Lipinski definition) is 4. The van der Waals surface area contributed by atoms with Gasteiger partial charge in [-0.2, -0.15) is 5.10 Å². The lowest BCUT2D eigenvalue weighted by molar-refractivity contribution is -0.121. The maximum absolute atomic E-state index is 11.9. The van der Waals surface area contributed by atoms with Gasteiger partial charge in [0.2, 0.25) is 5.91 Å². The van der Waals surface area contributed by atoms with Gasteiger partial charge in [-0.25, -0.2) is 5.43 Å². The van der Waals surface area contributed by atoms with Gasteiger partial charge in [-0.15, -0.1) is 23.5 Å². The fourth-order valence-electron chi connectivity index (χ4n) is 1.86. The summed E-state index contributed by atoms with van der Waals surface area (Å²) in [6, 6.07) is 5.97. The van der Waals surface area contributed by atoms with Crippen LogP contribution >= 0.6 is 39.5 Å². The number of benzene rings is 1. The van der Waals surface area contributed by atoms with Crippen LogP contribution in [0.2, 0.25) is 0 Å². The number of rotatable bonds is 4. The van der Waals surface area contributed by atoms with Crippen LogP contribution in [0.1, 0.15) is 24.5 Å². The topological polar surface area (TPSA) is 41.5 Å². The van der Waals surface area contributed by atoms with Gasteiger partial charge in [0.05, 0.1) is 16.7 Å². The van der Waals surface area contributed by atoms with Crippen LogP contribution in [0.5, 0.6) is 0 Å². The van der Waals surface area contributed by atoms with Gasteiger partial charge >= 0.3 is 0 Å². The molecule has 108 valence electrons. The molecule has 1 heterocycles. The van der Waals surface area contributed by atoms with E-state index in [4.69, 9.17) is 0 Å². The van der Waals surface area contributed by atoms with Gasteiger partial charge in [-0.3, -0.25) is 4.79 Å². The summed E-state index contributed by atoms with van der Waals surface area (Å²) in [6.45, 7) is 4.15. The van der Waals surface area contributed by atoms with Crippen molar-refractivity contribution < 1.29 is 4.79 Å². The van der Waals surface area contributed by atoms with Gasteiger partial charge in [0.25, 0.3) is 0 Å². The predicted molar refractivity (Wildman–Crippen MR) is 92.6 cm³/mol. The van der Waals surface area contributed by atoms with Gasteiger partial charge in [0.1, 0.15) is 0 Å². The SMILES string of the molecule is Cc1ccc(/C=N\NC(=O)CC2(C)SCCS2)cc1Br. The number of hydrazone groups is 1. The number of halogens is 1. The van der Waals surface area contributed by atoms with Crippen LogP contribution in [0.15, 0.2) is 27.8 Å². The van der Waals surface area contributed by atoms with Crippen LogP contribution < -0.4 is 5.43 Å². The van der Waals surface area contributed by atoms with Gasteiger partial charge in [-0.05, 0) is 31.0 Å². The Morgan fingerprint density at radius 2 is 2.20 bits per heavy atom. The molecule has 20 heavy (non-hydrogen) atoms. The zero-order valence-corrected chi connectivity index (χ0v) is 14.7. The molecule has 0 saturated carbocycles. The molecule has 1 amide bonds. The molecule has 1 aromatic rings. The first kappa shape index (κ1) is 15.9. The highest BCUT2D eigenvalue weighted by atomic mass is 79.9. The monoisotopic (exact) mass is 372 g/mol. The Labute approximate surface area is 136 Å². The van der Waals surface area contributed by atoms with Crippen LogP contribution in [0, 0.1) is 6.92 Å². The van der Waals surface area contributed by atoms with Crippen LogP contribution in [0.3, 0.4) is 0 Å². The molecule has 0 atom stereocenters. The number of nitrogens with one attached hydrogen (secondary N) is 1. The zero-order chi connectivity index (χ0) is 14.6. The fourth-order valence-corrected chi connectivity index (χ4v) is 5.08. The normalized spacial score (nSPS) is 17.6. The maximum Gasteiger partial charge on any atom is 0.242 e. The number of amides is 1. The average molecular weight is 373 g/mol.